The van der Waals surface area contributed by atoms with Gasteiger partial charge >= 0.3 is 0 Å². The molecular weight excluding hydrogens is 314 g/mol. The average Bonchev–Trinajstić information content (AvgIpc) is 2.51. The van der Waals surface area contributed by atoms with Crippen LogP contribution in [0.15, 0.2) is 35.4 Å². The number of rotatable bonds is 4. The van der Waals surface area contributed by atoms with Crippen molar-refractivity contribution in [3.63, 3.8) is 0 Å². The lowest BCUT2D eigenvalue weighted by Gasteiger charge is -2.26. The second kappa shape index (κ2) is 6.25. The Morgan fingerprint density at radius 2 is 2.13 bits per heavy atom. The van der Waals surface area contributed by atoms with Crippen molar-refractivity contribution >= 4 is 15.7 Å². The molecular formula is C16H19N3O3S. The van der Waals surface area contributed by atoms with Crippen LogP contribution in [0.25, 0.3) is 0 Å². The monoisotopic (exact) mass is 333 g/mol. The van der Waals surface area contributed by atoms with Gasteiger partial charge in [0.2, 0.25) is 0 Å². The first-order valence-corrected chi connectivity index (χ1v) is 9.31. The third-order valence-corrected chi connectivity index (χ3v) is 4.92. The Labute approximate surface area is 135 Å². The van der Waals surface area contributed by atoms with Crippen molar-refractivity contribution in [3.05, 3.63) is 47.4 Å². The summed E-state index contributed by atoms with van der Waals surface area (Å²) in [7, 11) is -3.39. The Balaban J connectivity index is 1.84. The zero-order valence-corrected chi connectivity index (χ0v) is 13.9. The van der Waals surface area contributed by atoms with Crippen LogP contribution in [0.5, 0.6) is 0 Å². The van der Waals surface area contributed by atoms with Crippen LogP contribution in [0.2, 0.25) is 0 Å². The van der Waals surface area contributed by atoms with E-state index in [2.05, 4.69) is 21.4 Å². The first-order chi connectivity index (χ1) is 10.9. The van der Waals surface area contributed by atoms with E-state index in [0.717, 1.165) is 18.2 Å². The minimum Gasteiger partial charge on any atom is -0.371 e. The predicted octanol–water partition coefficient (Wildman–Crippen LogP) is 1.91. The molecule has 0 saturated carbocycles. The lowest BCUT2D eigenvalue weighted by Crippen LogP contribution is -2.23. The highest BCUT2D eigenvalue weighted by atomic mass is 32.2. The van der Waals surface area contributed by atoms with Gasteiger partial charge in [0, 0.05) is 12.8 Å². The summed E-state index contributed by atoms with van der Waals surface area (Å²) in [6, 6.07) is 8.15. The van der Waals surface area contributed by atoms with Crippen molar-refractivity contribution in [1.29, 1.82) is 0 Å². The normalized spacial score (nSPS) is 17.6. The van der Waals surface area contributed by atoms with Gasteiger partial charge in [-0.3, -0.25) is 0 Å². The summed E-state index contributed by atoms with van der Waals surface area (Å²) in [6.45, 7) is 2.84. The van der Waals surface area contributed by atoms with Gasteiger partial charge in [-0.15, -0.1) is 0 Å². The number of aryl methyl sites for hydroxylation is 1. The number of fused-ring (bicyclic) bond motifs is 1. The molecule has 0 amide bonds. The Morgan fingerprint density at radius 1 is 1.35 bits per heavy atom. The van der Waals surface area contributed by atoms with Crippen LogP contribution in [0.3, 0.4) is 0 Å². The highest BCUT2D eigenvalue weighted by Crippen LogP contribution is 2.27. The Hall–Kier alpha value is -1.99. The minimum absolute atomic E-state index is 0.104. The fraction of sp³-hybridized carbons (Fsp3) is 0.375. The van der Waals surface area contributed by atoms with Crippen LogP contribution in [0.4, 0.5) is 5.82 Å². The number of hydrogen-bond acceptors (Lipinski definition) is 6. The number of nitrogens with zero attached hydrogens (tertiary/aromatic N) is 2. The summed E-state index contributed by atoms with van der Waals surface area (Å²) in [6.07, 6.45) is 3.27. The molecule has 1 aliphatic heterocycles. The van der Waals surface area contributed by atoms with Crippen LogP contribution >= 0.6 is 0 Å². The van der Waals surface area contributed by atoms with Crippen molar-refractivity contribution in [2.75, 3.05) is 24.7 Å². The van der Waals surface area contributed by atoms with Crippen LogP contribution in [0.1, 0.15) is 23.1 Å². The van der Waals surface area contributed by atoms with Crippen LogP contribution < -0.4 is 5.32 Å². The lowest BCUT2D eigenvalue weighted by molar-refractivity contribution is 0.0512. The molecule has 1 unspecified atom stereocenters. The van der Waals surface area contributed by atoms with Gasteiger partial charge in [0.25, 0.3) is 0 Å². The number of ether oxygens (including phenoxy) is 1. The molecule has 0 aliphatic carbocycles. The molecule has 6 nitrogen and oxygen atoms in total. The number of aromatic nitrogens is 2. The Kier molecular flexibility index (Phi) is 4.32. The number of sulfone groups is 1. The van der Waals surface area contributed by atoms with E-state index < -0.39 is 9.84 Å². The van der Waals surface area contributed by atoms with E-state index in [1.807, 2.05) is 18.2 Å². The number of hydrogen-bond donors (Lipinski definition) is 1. The molecule has 0 fully saturated rings. The molecule has 0 spiro atoms. The number of nitrogens with one attached hydrogen (secondary N) is 1. The molecule has 2 aromatic rings. The van der Waals surface area contributed by atoms with Gasteiger partial charge < -0.3 is 10.1 Å². The molecule has 1 N–H and O–H groups in total. The maximum Gasteiger partial charge on any atom is 0.180 e. The van der Waals surface area contributed by atoms with Crippen LogP contribution in [-0.4, -0.2) is 37.8 Å². The Morgan fingerprint density at radius 3 is 2.91 bits per heavy atom. The number of anilines is 1. The van der Waals surface area contributed by atoms with E-state index in [4.69, 9.17) is 4.74 Å². The van der Waals surface area contributed by atoms with E-state index in [1.165, 1.54) is 11.8 Å². The highest BCUT2D eigenvalue weighted by molar-refractivity contribution is 7.90. The second-order valence-electron chi connectivity index (χ2n) is 5.59. The molecule has 122 valence electrons. The quantitative estimate of drug-likeness (QED) is 0.920. The van der Waals surface area contributed by atoms with Crippen molar-refractivity contribution in [1.82, 2.24) is 9.97 Å². The van der Waals surface area contributed by atoms with E-state index in [-0.39, 0.29) is 11.0 Å². The van der Waals surface area contributed by atoms with Crippen molar-refractivity contribution in [2.24, 2.45) is 0 Å². The molecule has 23 heavy (non-hydrogen) atoms. The maximum absolute atomic E-state index is 11.9. The highest BCUT2D eigenvalue weighted by Gasteiger charge is 2.22. The average molecular weight is 333 g/mol. The smallest absolute Gasteiger partial charge is 0.180 e. The predicted molar refractivity (Wildman–Crippen MR) is 87.2 cm³/mol. The van der Waals surface area contributed by atoms with Crippen molar-refractivity contribution in [3.8, 4) is 0 Å². The standard InChI is InChI=1S/C16H19N3O3S/c1-11-17-10-15(23(2,20)21)16(19-11)18-9-14-13-6-4-3-5-12(13)7-8-22-14/h3-6,10,14H,7-9H2,1-2H3,(H,17,18,19). The van der Waals surface area contributed by atoms with Gasteiger partial charge in [-0.05, 0) is 24.5 Å². The molecule has 0 bridgehead atoms. The summed E-state index contributed by atoms with van der Waals surface area (Å²) in [5.74, 6) is 0.844. The third kappa shape index (κ3) is 3.51. The van der Waals surface area contributed by atoms with Gasteiger partial charge in [-0.25, -0.2) is 18.4 Å². The van der Waals surface area contributed by atoms with Gasteiger partial charge in [-0.2, -0.15) is 0 Å². The van der Waals surface area contributed by atoms with Gasteiger partial charge in [0.15, 0.2) is 9.84 Å². The van der Waals surface area contributed by atoms with E-state index >= 15 is 0 Å². The summed E-state index contributed by atoms with van der Waals surface area (Å²) in [4.78, 5) is 8.30. The number of benzene rings is 1. The zero-order valence-electron chi connectivity index (χ0n) is 13.1. The minimum atomic E-state index is -3.39. The molecule has 7 heteroatoms. The van der Waals surface area contributed by atoms with Gasteiger partial charge in [0.1, 0.15) is 16.5 Å². The largest absolute Gasteiger partial charge is 0.371 e. The first-order valence-electron chi connectivity index (χ1n) is 7.42. The molecule has 1 aromatic carbocycles. The van der Waals surface area contributed by atoms with E-state index in [9.17, 15) is 8.42 Å². The van der Waals surface area contributed by atoms with Crippen LogP contribution in [0, 0.1) is 6.92 Å². The fourth-order valence-corrected chi connectivity index (χ4v) is 3.41. The van der Waals surface area contributed by atoms with E-state index in [1.54, 1.807) is 6.92 Å². The molecule has 2 heterocycles. The molecule has 3 rings (SSSR count). The van der Waals surface area contributed by atoms with Gasteiger partial charge in [0.05, 0.1) is 18.9 Å². The SMILES string of the molecule is Cc1ncc(S(C)(=O)=O)c(NCC2OCCc3ccccc32)n1. The maximum atomic E-state index is 11.9. The summed E-state index contributed by atoms with van der Waals surface area (Å²) >= 11 is 0. The van der Waals surface area contributed by atoms with Gasteiger partial charge in [-0.1, -0.05) is 24.3 Å². The first kappa shape index (κ1) is 15.9. The fourth-order valence-electron chi connectivity index (χ4n) is 2.69. The van der Waals surface area contributed by atoms with Crippen LogP contribution in [-0.2, 0) is 21.0 Å². The topological polar surface area (TPSA) is 81.2 Å². The third-order valence-electron chi connectivity index (χ3n) is 3.82. The zero-order chi connectivity index (χ0) is 16.4. The second-order valence-corrected chi connectivity index (χ2v) is 7.58. The molecule has 1 atom stereocenters. The Bertz CT molecular complexity index is 821. The lowest BCUT2D eigenvalue weighted by atomic mass is 9.97. The van der Waals surface area contributed by atoms with Crippen molar-refractivity contribution < 1.29 is 13.2 Å². The summed E-state index contributed by atoms with van der Waals surface area (Å²) in [5.41, 5.74) is 2.41. The van der Waals surface area contributed by atoms with Crippen molar-refractivity contribution in [2.45, 2.75) is 24.3 Å². The molecule has 1 aliphatic rings. The molecule has 1 aromatic heterocycles. The molecule has 0 saturated heterocycles. The summed E-state index contributed by atoms with van der Waals surface area (Å²) in [5, 5.41) is 3.12. The van der Waals surface area contributed by atoms with E-state index in [0.29, 0.717) is 24.8 Å². The molecule has 0 radical (unpaired) electrons. The summed E-state index contributed by atoms with van der Waals surface area (Å²) < 4.78 is 29.6.